The van der Waals surface area contributed by atoms with Crippen LogP contribution in [0.25, 0.3) is 0 Å². The Balaban J connectivity index is 0.000000771. The van der Waals surface area contributed by atoms with Gasteiger partial charge >= 0.3 is 0 Å². The molecule has 1 aliphatic rings. The Morgan fingerprint density at radius 2 is 1.50 bits per heavy atom. The lowest BCUT2D eigenvalue weighted by molar-refractivity contribution is 0.278. The topological polar surface area (TPSA) is 0 Å². The molecule has 0 saturated heterocycles. The van der Waals surface area contributed by atoms with Crippen LogP contribution in [0.2, 0.25) is 0 Å². The minimum Gasteiger partial charge on any atom is -0.0683 e. The Bertz CT molecular complexity index is 301. The van der Waals surface area contributed by atoms with Crippen molar-refractivity contribution < 1.29 is 0 Å². The van der Waals surface area contributed by atoms with Crippen molar-refractivity contribution in [1.82, 2.24) is 0 Å². The predicted octanol–water partition coefficient (Wildman–Crippen LogP) is 5.78. The fourth-order valence-electron chi connectivity index (χ4n) is 2.74. The molecule has 1 aromatic carbocycles. The molecule has 102 valence electrons. The quantitative estimate of drug-likeness (QED) is 0.634. The van der Waals surface area contributed by atoms with Crippen LogP contribution < -0.4 is 0 Å². The van der Waals surface area contributed by atoms with Gasteiger partial charge in [0.25, 0.3) is 0 Å². The number of rotatable bonds is 3. The van der Waals surface area contributed by atoms with Gasteiger partial charge in [0.2, 0.25) is 0 Å². The first-order valence-corrected chi connectivity index (χ1v) is 7.79. The van der Waals surface area contributed by atoms with Crippen LogP contribution in [0.4, 0.5) is 0 Å². The van der Waals surface area contributed by atoms with Gasteiger partial charge in [-0.15, -0.1) is 0 Å². The van der Waals surface area contributed by atoms with E-state index in [-0.39, 0.29) is 0 Å². The van der Waals surface area contributed by atoms with Crippen LogP contribution in [-0.2, 0) is 6.42 Å². The standard InChI is InChI=1S/C16H24.C2H6/c1-13-3-7-15(8-4-13)11-12-16-9-5-14(2)6-10-16;1-2/h3-4,7-8,14,16H,5-6,9-12H2,1-2H3;1-2H3. The second-order valence-corrected chi connectivity index (χ2v) is 5.65. The number of aryl methyl sites for hydroxylation is 2. The molecular formula is C18H30. The molecule has 1 saturated carbocycles. The molecule has 0 aliphatic heterocycles. The van der Waals surface area contributed by atoms with E-state index in [4.69, 9.17) is 0 Å². The van der Waals surface area contributed by atoms with Crippen molar-refractivity contribution in [3.05, 3.63) is 35.4 Å². The highest BCUT2D eigenvalue weighted by atomic mass is 14.2. The molecule has 0 atom stereocenters. The third-order valence-corrected chi connectivity index (χ3v) is 4.10. The predicted molar refractivity (Wildman–Crippen MR) is 82.0 cm³/mol. The van der Waals surface area contributed by atoms with Gasteiger partial charge in [-0.25, -0.2) is 0 Å². The maximum atomic E-state index is 2.40. The van der Waals surface area contributed by atoms with E-state index in [0.717, 1.165) is 11.8 Å². The molecule has 0 unspecified atom stereocenters. The first kappa shape index (κ1) is 15.3. The molecule has 0 aromatic heterocycles. The zero-order valence-corrected chi connectivity index (χ0v) is 12.7. The molecular weight excluding hydrogens is 216 g/mol. The highest BCUT2D eigenvalue weighted by Crippen LogP contribution is 2.31. The van der Waals surface area contributed by atoms with E-state index < -0.39 is 0 Å². The van der Waals surface area contributed by atoms with Crippen molar-refractivity contribution in [2.24, 2.45) is 11.8 Å². The lowest BCUT2D eigenvalue weighted by Gasteiger charge is -2.26. The fraction of sp³-hybridized carbons (Fsp3) is 0.667. The van der Waals surface area contributed by atoms with Crippen LogP contribution in [0.3, 0.4) is 0 Å². The van der Waals surface area contributed by atoms with Gasteiger partial charge in [-0.05, 0) is 37.2 Å². The van der Waals surface area contributed by atoms with Crippen LogP contribution in [0.15, 0.2) is 24.3 Å². The van der Waals surface area contributed by atoms with Crippen LogP contribution in [-0.4, -0.2) is 0 Å². The highest BCUT2D eigenvalue weighted by Gasteiger charge is 2.17. The highest BCUT2D eigenvalue weighted by molar-refractivity contribution is 5.21. The fourth-order valence-corrected chi connectivity index (χ4v) is 2.74. The third-order valence-electron chi connectivity index (χ3n) is 4.10. The van der Waals surface area contributed by atoms with Crippen molar-refractivity contribution in [2.75, 3.05) is 0 Å². The SMILES string of the molecule is CC.Cc1ccc(CCC2CCC(C)CC2)cc1. The molecule has 1 fully saturated rings. The lowest BCUT2D eigenvalue weighted by atomic mass is 9.80. The van der Waals surface area contributed by atoms with Crippen LogP contribution >= 0.6 is 0 Å². The Labute approximate surface area is 114 Å². The number of hydrogen-bond acceptors (Lipinski definition) is 0. The van der Waals surface area contributed by atoms with Crippen LogP contribution in [0.5, 0.6) is 0 Å². The summed E-state index contributed by atoms with van der Waals surface area (Å²) in [6, 6.07) is 9.05. The van der Waals surface area contributed by atoms with E-state index in [1.165, 1.54) is 49.7 Å². The van der Waals surface area contributed by atoms with Crippen molar-refractivity contribution in [3.8, 4) is 0 Å². The van der Waals surface area contributed by atoms with Crippen LogP contribution in [0, 0.1) is 18.8 Å². The Kier molecular flexibility index (Phi) is 7.08. The monoisotopic (exact) mass is 246 g/mol. The zero-order valence-electron chi connectivity index (χ0n) is 12.7. The van der Waals surface area contributed by atoms with E-state index in [0.29, 0.717) is 0 Å². The Morgan fingerprint density at radius 1 is 0.944 bits per heavy atom. The Morgan fingerprint density at radius 3 is 2.06 bits per heavy atom. The molecule has 1 aliphatic carbocycles. The van der Waals surface area contributed by atoms with Crippen molar-refractivity contribution in [3.63, 3.8) is 0 Å². The summed E-state index contributed by atoms with van der Waals surface area (Å²) in [7, 11) is 0. The largest absolute Gasteiger partial charge is 0.0683 e. The minimum absolute atomic E-state index is 0.982. The smallest absolute Gasteiger partial charge is 0.0276 e. The molecule has 1 aromatic rings. The van der Waals surface area contributed by atoms with Gasteiger partial charge in [-0.3, -0.25) is 0 Å². The summed E-state index contributed by atoms with van der Waals surface area (Å²) >= 11 is 0. The summed E-state index contributed by atoms with van der Waals surface area (Å²) in [5.74, 6) is 1.98. The zero-order chi connectivity index (χ0) is 13.4. The van der Waals surface area contributed by atoms with Gasteiger partial charge in [0.1, 0.15) is 0 Å². The summed E-state index contributed by atoms with van der Waals surface area (Å²) in [4.78, 5) is 0. The molecule has 18 heavy (non-hydrogen) atoms. The summed E-state index contributed by atoms with van der Waals surface area (Å²) in [5.41, 5.74) is 2.89. The second kappa shape index (κ2) is 8.34. The molecule has 2 rings (SSSR count). The van der Waals surface area contributed by atoms with E-state index >= 15 is 0 Å². The van der Waals surface area contributed by atoms with Crippen molar-refractivity contribution in [1.29, 1.82) is 0 Å². The van der Waals surface area contributed by atoms with E-state index in [1.54, 1.807) is 0 Å². The lowest BCUT2D eigenvalue weighted by Crippen LogP contribution is -2.12. The summed E-state index contributed by atoms with van der Waals surface area (Å²) in [5, 5.41) is 0. The maximum Gasteiger partial charge on any atom is -0.0276 e. The molecule has 0 nitrogen and oxygen atoms in total. The number of benzene rings is 1. The van der Waals surface area contributed by atoms with E-state index in [1.807, 2.05) is 13.8 Å². The average Bonchev–Trinajstić information content (AvgIpc) is 2.42. The maximum absolute atomic E-state index is 2.40. The summed E-state index contributed by atoms with van der Waals surface area (Å²) < 4.78 is 0. The van der Waals surface area contributed by atoms with Gasteiger partial charge in [-0.2, -0.15) is 0 Å². The van der Waals surface area contributed by atoms with Gasteiger partial charge in [-0.1, -0.05) is 76.3 Å². The van der Waals surface area contributed by atoms with Gasteiger partial charge in [0.15, 0.2) is 0 Å². The normalized spacial score (nSPS) is 23.1. The molecule has 0 bridgehead atoms. The number of hydrogen-bond donors (Lipinski definition) is 0. The van der Waals surface area contributed by atoms with E-state index in [2.05, 4.69) is 38.1 Å². The van der Waals surface area contributed by atoms with Gasteiger partial charge in [0.05, 0.1) is 0 Å². The van der Waals surface area contributed by atoms with Gasteiger partial charge in [0, 0.05) is 0 Å². The van der Waals surface area contributed by atoms with Crippen molar-refractivity contribution >= 4 is 0 Å². The molecule has 0 radical (unpaired) electrons. The Hall–Kier alpha value is -0.780. The minimum atomic E-state index is 0.982. The van der Waals surface area contributed by atoms with Gasteiger partial charge < -0.3 is 0 Å². The molecule has 0 heterocycles. The third kappa shape index (κ3) is 5.25. The molecule has 0 N–H and O–H groups in total. The molecule has 0 amide bonds. The van der Waals surface area contributed by atoms with Crippen molar-refractivity contribution in [2.45, 2.75) is 66.2 Å². The molecule has 0 spiro atoms. The molecule has 0 heteroatoms. The van der Waals surface area contributed by atoms with E-state index in [9.17, 15) is 0 Å². The first-order chi connectivity index (χ1) is 8.74. The summed E-state index contributed by atoms with van der Waals surface area (Å²) in [6.07, 6.45) is 8.52. The summed E-state index contributed by atoms with van der Waals surface area (Å²) in [6.45, 7) is 8.56. The van der Waals surface area contributed by atoms with Crippen LogP contribution in [0.1, 0.15) is 64.0 Å². The second-order valence-electron chi connectivity index (χ2n) is 5.65. The average molecular weight is 246 g/mol. The first-order valence-electron chi connectivity index (χ1n) is 7.79.